The van der Waals surface area contributed by atoms with Gasteiger partial charge in [0.25, 0.3) is 0 Å². The highest BCUT2D eigenvalue weighted by Crippen LogP contribution is 2.16. The van der Waals surface area contributed by atoms with Gasteiger partial charge < -0.3 is 9.73 Å². The summed E-state index contributed by atoms with van der Waals surface area (Å²) in [5.41, 5.74) is 1.95. The molecule has 0 spiro atoms. The first kappa shape index (κ1) is 14.2. The molecular formula is C15H15FN4O2. The molecule has 0 atom stereocenters. The van der Waals surface area contributed by atoms with Crippen molar-refractivity contribution >= 4 is 17.0 Å². The normalized spacial score (nSPS) is 11.0. The second-order valence-corrected chi connectivity index (χ2v) is 5.02. The Kier molecular flexibility index (Phi) is 3.86. The Morgan fingerprint density at radius 3 is 3.09 bits per heavy atom. The van der Waals surface area contributed by atoms with Crippen molar-refractivity contribution in [3.05, 3.63) is 47.9 Å². The maximum absolute atomic E-state index is 13.1. The highest BCUT2D eigenvalue weighted by atomic mass is 19.1. The zero-order valence-corrected chi connectivity index (χ0v) is 12.0. The van der Waals surface area contributed by atoms with Crippen LogP contribution in [0.4, 0.5) is 4.39 Å². The molecule has 0 bridgehead atoms. The van der Waals surface area contributed by atoms with Crippen LogP contribution in [0.1, 0.15) is 17.9 Å². The number of amides is 1. The number of aryl methyl sites for hydroxylation is 2. The largest absolute Gasteiger partial charge is 0.439 e. The Morgan fingerprint density at radius 2 is 2.32 bits per heavy atom. The van der Waals surface area contributed by atoms with Crippen LogP contribution >= 0.6 is 0 Å². The number of nitrogens with zero attached hydrogens (tertiary/aromatic N) is 3. The molecule has 0 aliphatic heterocycles. The van der Waals surface area contributed by atoms with Gasteiger partial charge in [-0.2, -0.15) is 5.10 Å². The summed E-state index contributed by atoms with van der Waals surface area (Å²) in [6.07, 6.45) is 4.60. The second kappa shape index (κ2) is 5.97. The first-order chi connectivity index (χ1) is 10.6. The summed E-state index contributed by atoms with van der Waals surface area (Å²) >= 11 is 0. The molecule has 0 radical (unpaired) electrons. The van der Waals surface area contributed by atoms with Gasteiger partial charge in [-0.3, -0.25) is 9.48 Å². The smallest absolute Gasteiger partial charge is 0.220 e. The third-order valence-corrected chi connectivity index (χ3v) is 3.23. The van der Waals surface area contributed by atoms with Gasteiger partial charge in [-0.15, -0.1) is 0 Å². The van der Waals surface area contributed by atoms with Gasteiger partial charge in [0.15, 0.2) is 5.58 Å². The van der Waals surface area contributed by atoms with Gasteiger partial charge in [0, 0.05) is 25.7 Å². The highest BCUT2D eigenvalue weighted by molar-refractivity contribution is 5.76. The zero-order chi connectivity index (χ0) is 15.5. The monoisotopic (exact) mass is 302 g/mol. The summed E-state index contributed by atoms with van der Waals surface area (Å²) in [7, 11) is 1.83. The molecule has 1 aromatic carbocycles. The number of fused-ring (bicyclic) bond motifs is 1. The Balaban J connectivity index is 1.53. The molecule has 1 amide bonds. The van der Waals surface area contributed by atoms with E-state index >= 15 is 0 Å². The van der Waals surface area contributed by atoms with Crippen LogP contribution in [0.2, 0.25) is 0 Å². The lowest BCUT2D eigenvalue weighted by Gasteiger charge is -2.01. The minimum atomic E-state index is -0.368. The number of halogens is 1. The number of oxazole rings is 1. The molecule has 1 N–H and O–H groups in total. The number of aromatic nitrogens is 3. The van der Waals surface area contributed by atoms with Crippen molar-refractivity contribution in [2.24, 2.45) is 7.05 Å². The number of benzene rings is 1. The van der Waals surface area contributed by atoms with E-state index in [1.165, 1.54) is 18.2 Å². The summed E-state index contributed by atoms with van der Waals surface area (Å²) in [5.74, 6) is -0.111. The van der Waals surface area contributed by atoms with Crippen molar-refractivity contribution < 1.29 is 13.6 Å². The van der Waals surface area contributed by atoms with Crippen LogP contribution < -0.4 is 5.32 Å². The zero-order valence-electron chi connectivity index (χ0n) is 12.0. The lowest BCUT2D eigenvalue weighted by atomic mass is 10.2. The summed E-state index contributed by atoms with van der Waals surface area (Å²) < 4.78 is 20.2. The Morgan fingerprint density at radius 1 is 1.45 bits per heavy atom. The topological polar surface area (TPSA) is 73.0 Å². The van der Waals surface area contributed by atoms with Gasteiger partial charge in [-0.05, 0) is 24.1 Å². The Labute approximate surface area is 125 Å². The standard InChI is InChI=1S/C15H15FN4O2/c1-20-9-10(7-18-20)2-5-14(21)17-8-15-19-12-6-11(16)3-4-13(12)22-15/h3-4,6-7,9H,2,5,8H2,1H3,(H,17,21). The van der Waals surface area contributed by atoms with Crippen molar-refractivity contribution in [1.82, 2.24) is 20.1 Å². The second-order valence-electron chi connectivity index (χ2n) is 5.02. The van der Waals surface area contributed by atoms with E-state index in [1.54, 1.807) is 10.9 Å². The lowest BCUT2D eigenvalue weighted by Crippen LogP contribution is -2.23. The number of hydrogen-bond acceptors (Lipinski definition) is 4. The van der Waals surface area contributed by atoms with Crippen LogP contribution in [0.5, 0.6) is 0 Å². The van der Waals surface area contributed by atoms with Crippen molar-refractivity contribution in [1.29, 1.82) is 0 Å². The summed E-state index contributed by atoms with van der Waals surface area (Å²) in [6, 6.07) is 4.13. The fraction of sp³-hybridized carbons (Fsp3) is 0.267. The molecule has 114 valence electrons. The maximum atomic E-state index is 13.1. The molecule has 0 unspecified atom stereocenters. The van der Waals surface area contributed by atoms with Gasteiger partial charge in [0.05, 0.1) is 12.7 Å². The molecule has 7 heteroatoms. The predicted octanol–water partition coefficient (Wildman–Crippen LogP) is 1.95. The Hall–Kier alpha value is -2.70. The SMILES string of the molecule is Cn1cc(CCC(=O)NCc2nc3cc(F)ccc3o2)cn1. The molecule has 2 aromatic heterocycles. The minimum absolute atomic E-state index is 0.0997. The summed E-state index contributed by atoms with van der Waals surface area (Å²) in [5, 5.41) is 6.78. The Bertz CT molecular complexity index is 809. The molecule has 0 saturated carbocycles. The quantitative estimate of drug-likeness (QED) is 0.782. The van der Waals surface area contributed by atoms with E-state index in [0.29, 0.717) is 29.8 Å². The predicted molar refractivity (Wildman–Crippen MR) is 77.3 cm³/mol. The van der Waals surface area contributed by atoms with Crippen molar-refractivity contribution in [3.63, 3.8) is 0 Å². The highest BCUT2D eigenvalue weighted by Gasteiger charge is 2.09. The van der Waals surface area contributed by atoms with E-state index in [-0.39, 0.29) is 18.3 Å². The minimum Gasteiger partial charge on any atom is -0.439 e. The molecule has 22 heavy (non-hydrogen) atoms. The van der Waals surface area contributed by atoms with E-state index in [4.69, 9.17) is 4.42 Å². The average molecular weight is 302 g/mol. The fourth-order valence-corrected chi connectivity index (χ4v) is 2.15. The van der Waals surface area contributed by atoms with Crippen molar-refractivity contribution in [3.8, 4) is 0 Å². The molecule has 0 fully saturated rings. The van der Waals surface area contributed by atoms with E-state index in [1.807, 2.05) is 13.2 Å². The molecule has 6 nitrogen and oxygen atoms in total. The molecule has 0 aliphatic carbocycles. The van der Waals surface area contributed by atoms with E-state index in [9.17, 15) is 9.18 Å². The lowest BCUT2D eigenvalue weighted by molar-refractivity contribution is -0.121. The molecule has 0 saturated heterocycles. The van der Waals surface area contributed by atoms with Crippen LogP contribution in [-0.4, -0.2) is 20.7 Å². The van der Waals surface area contributed by atoms with Crippen molar-refractivity contribution in [2.75, 3.05) is 0 Å². The van der Waals surface area contributed by atoms with Crippen LogP contribution in [0.3, 0.4) is 0 Å². The van der Waals surface area contributed by atoms with Gasteiger partial charge in [0.2, 0.25) is 11.8 Å². The molecule has 0 aliphatic rings. The first-order valence-corrected chi connectivity index (χ1v) is 6.89. The summed E-state index contributed by atoms with van der Waals surface area (Å²) in [4.78, 5) is 15.9. The number of carbonyl (C=O) groups excluding carboxylic acids is 1. The molecular weight excluding hydrogens is 287 g/mol. The summed E-state index contributed by atoms with van der Waals surface area (Å²) in [6.45, 7) is 0.183. The van der Waals surface area contributed by atoms with E-state index in [0.717, 1.165) is 5.56 Å². The van der Waals surface area contributed by atoms with Crippen molar-refractivity contribution in [2.45, 2.75) is 19.4 Å². The van der Waals surface area contributed by atoms with Gasteiger partial charge in [0.1, 0.15) is 11.3 Å². The van der Waals surface area contributed by atoms with Crippen LogP contribution in [-0.2, 0) is 24.8 Å². The molecule has 3 rings (SSSR count). The average Bonchev–Trinajstić information content (AvgIpc) is 3.08. The van der Waals surface area contributed by atoms with Gasteiger partial charge >= 0.3 is 0 Å². The van der Waals surface area contributed by atoms with E-state index < -0.39 is 0 Å². The van der Waals surface area contributed by atoms with E-state index in [2.05, 4.69) is 15.4 Å². The molecule has 3 aromatic rings. The maximum Gasteiger partial charge on any atom is 0.220 e. The van der Waals surface area contributed by atoms with Crippen LogP contribution in [0, 0.1) is 5.82 Å². The number of rotatable bonds is 5. The van der Waals surface area contributed by atoms with Gasteiger partial charge in [-0.25, -0.2) is 9.37 Å². The number of carbonyl (C=O) groups is 1. The third kappa shape index (κ3) is 3.30. The number of nitrogens with one attached hydrogen (secondary N) is 1. The third-order valence-electron chi connectivity index (χ3n) is 3.23. The number of hydrogen-bond donors (Lipinski definition) is 1. The van der Waals surface area contributed by atoms with Crippen LogP contribution in [0.15, 0.2) is 35.0 Å². The van der Waals surface area contributed by atoms with Gasteiger partial charge in [-0.1, -0.05) is 0 Å². The molecule has 2 heterocycles. The first-order valence-electron chi connectivity index (χ1n) is 6.89. The van der Waals surface area contributed by atoms with Crippen LogP contribution in [0.25, 0.3) is 11.1 Å². The fourth-order valence-electron chi connectivity index (χ4n) is 2.15.